The molecule has 0 radical (unpaired) electrons. The molecule has 0 unspecified atom stereocenters. The van der Waals surface area contributed by atoms with E-state index in [1.807, 2.05) is 18.0 Å². The molecular formula is C16H22N2O3. The van der Waals surface area contributed by atoms with E-state index in [-0.39, 0.29) is 18.9 Å². The van der Waals surface area contributed by atoms with Gasteiger partial charge in [-0.3, -0.25) is 14.5 Å². The van der Waals surface area contributed by atoms with Gasteiger partial charge in [-0.15, -0.1) is 0 Å². The first-order valence-corrected chi connectivity index (χ1v) is 7.36. The molecule has 2 N–H and O–H groups in total. The second-order valence-electron chi connectivity index (χ2n) is 5.62. The van der Waals surface area contributed by atoms with Gasteiger partial charge in [0, 0.05) is 12.1 Å². The summed E-state index contributed by atoms with van der Waals surface area (Å²) in [5, 5.41) is 11.5. The van der Waals surface area contributed by atoms with E-state index in [1.54, 1.807) is 0 Å². The first-order valence-electron chi connectivity index (χ1n) is 7.36. The molecule has 114 valence electrons. The van der Waals surface area contributed by atoms with Crippen LogP contribution in [0.5, 0.6) is 0 Å². The van der Waals surface area contributed by atoms with E-state index in [9.17, 15) is 9.59 Å². The highest BCUT2D eigenvalue weighted by Gasteiger charge is 2.12. The lowest BCUT2D eigenvalue weighted by atomic mass is 10.1. The van der Waals surface area contributed by atoms with Crippen LogP contribution in [0.15, 0.2) is 18.2 Å². The summed E-state index contributed by atoms with van der Waals surface area (Å²) in [5.74, 6) is -0.864. The van der Waals surface area contributed by atoms with E-state index in [1.165, 1.54) is 17.5 Å². The Morgan fingerprint density at radius 3 is 2.81 bits per heavy atom. The van der Waals surface area contributed by atoms with Crippen LogP contribution in [-0.4, -0.2) is 42.0 Å². The maximum atomic E-state index is 12.0. The maximum absolute atomic E-state index is 12.0. The number of rotatable bonds is 7. The Labute approximate surface area is 125 Å². The van der Waals surface area contributed by atoms with Crippen molar-refractivity contribution in [2.45, 2.75) is 32.1 Å². The van der Waals surface area contributed by atoms with E-state index in [0.717, 1.165) is 18.5 Å². The number of fused-ring (bicyclic) bond motifs is 1. The van der Waals surface area contributed by atoms with Crippen molar-refractivity contribution in [2.24, 2.45) is 0 Å². The van der Waals surface area contributed by atoms with Gasteiger partial charge in [-0.25, -0.2) is 0 Å². The number of aliphatic carboxylic acids is 1. The van der Waals surface area contributed by atoms with Gasteiger partial charge in [0.05, 0.1) is 6.54 Å². The number of likely N-dealkylation sites (N-methyl/N-ethyl adjacent to an activating group) is 1. The highest BCUT2D eigenvalue weighted by Crippen LogP contribution is 2.24. The number of carboxylic acid groups (broad SMARTS) is 1. The Kier molecular flexibility index (Phi) is 5.33. The normalized spacial score (nSPS) is 13.2. The Morgan fingerprint density at radius 2 is 2.05 bits per heavy atom. The summed E-state index contributed by atoms with van der Waals surface area (Å²) >= 11 is 0. The maximum Gasteiger partial charge on any atom is 0.303 e. The smallest absolute Gasteiger partial charge is 0.303 e. The Hall–Kier alpha value is -1.88. The van der Waals surface area contributed by atoms with Crippen LogP contribution in [0, 0.1) is 0 Å². The van der Waals surface area contributed by atoms with Crippen molar-refractivity contribution < 1.29 is 14.7 Å². The molecule has 1 aromatic rings. The summed E-state index contributed by atoms with van der Waals surface area (Å²) in [6.45, 7) is 0.876. The van der Waals surface area contributed by atoms with E-state index >= 15 is 0 Å². The van der Waals surface area contributed by atoms with Gasteiger partial charge < -0.3 is 10.4 Å². The SMILES string of the molecule is CN(CCCC(=O)O)CC(=O)Nc1ccc2c(c1)CCC2. The van der Waals surface area contributed by atoms with Gasteiger partial charge in [0.2, 0.25) is 5.91 Å². The van der Waals surface area contributed by atoms with E-state index in [0.29, 0.717) is 13.0 Å². The van der Waals surface area contributed by atoms with Crippen molar-refractivity contribution in [2.75, 3.05) is 25.5 Å². The molecule has 0 saturated heterocycles. The third-order valence-electron chi connectivity index (χ3n) is 3.73. The Bertz CT molecular complexity index is 528. The van der Waals surface area contributed by atoms with Crippen LogP contribution in [0.25, 0.3) is 0 Å². The number of nitrogens with one attached hydrogen (secondary N) is 1. The first kappa shape index (κ1) is 15.5. The van der Waals surface area contributed by atoms with Crippen molar-refractivity contribution >= 4 is 17.6 Å². The molecule has 0 aromatic heterocycles. The van der Waals surface area contributed by atoms with Crippen molar-refractivity contribution in [1.29, 1.82) is 0 Å². The fraction of sp³-hybridized carbons (Fsp3) is 0.500. The second kappa shape index (κ2) is 7.22. The number of benzene rings is 1. The molecule has 0 heterocycles. The number of carbonyl (C=O) groups excluding carboxylic acids is 1. The minimum absolute atomic E-state index is 0.0641. The molecular weight excluding hydrogens is 268 g/mol. The molecule has 5 nitrogen and oxygen atoms in total. The summed E-state index contributed by atoms with van der Waals surface area (Å²) in [5.41, 5.74) is 3.57. The van der Waals surface area contributed by atoms with E-state index in [2.05, 4.69) is 17.4 Å². The predicted molar refractivity (Wildman–Crippen MR) is 81.5 cm³/mol. The monoisotopic (exact) mass is 290 g/mol. The molecule has 0 fully saturated rings. The largest absolute Gasteiger partial charge is 0.481 e. The number of nitrogens with zero attached hydrogens (tertiary/aromatic N) is 1. The zero-order chi connectivity index (χ0) is 15.2. The van der Waals surface area contributed by atoms with Gasteiger partial charge >= 0.3 is 5.97 Å². The number of hydrogen-bond donors (Lipinski definition) is 2. The average Bonchev–Trinajstić information content (AvgIpc) is 2.85. The molecule has 0 aliphatic heterocycles. The van der Waals surface area contributed by atoms with Crippen molar-refractivity contribution in [3.63, 3.8) is 0 Å². The molecule has 1 amide bonds. The van der Waals surface area contributed by atoms with Gasteiger partial charge in [0.1, 0.15) is 0 Å². The fourth-order valence-electron chi connectivity index (χ4n) is 2.67. The quantitative estimate of drug-likeness (QED) is 0.805. The lowest BCUT2D eigenvalue weighted by Crippen LogP contribution is -2.31. The zero-order valence-electron chi connectivity index (χ0n) is 12.4. The molecule has 0 bridgehead atoms. The van der Waals surface area contributed by atoms with Gasteiger partial charge in [-0.1, -0.05) is 6.07 Å². The molecule has 2 rings (SSSR count). The summed E-state index contributed by atoms with van der Waals surface area (Å²) in [6.07, 6.45) is 4.11. The van der Waals surface area contributed by atoms with Crippen LogP contribution in [-0.2, 0) is 22.4 Å². The number of carbonyl (C=O) groups is 2. The zero-order valence-corrected chi connectivity index (χ0v) is 12.4. The highest BCUT2D eigenvalue weighted by atomic mass is 16.4. The Morgan fingerprint density at radius 1 is 1.29 bits per heavy atom. The van der Waals surface area contributed by atoms with E-state index < -0.39 is 5.97 Å². The molecule has 21 heavy (non-hydrogen) atoms. The average molecular weight is 290 g/mol. The van der Waals surface area contributed by atoms with Crippen LogP contribution in [0.1, 0.15) is 30.4 Å². The standard InChI is InChI=1S/C16H22N2O3/c1-18(9-3-6-16(20)21)11-15(19)17-14-8-7-12-4-2-5-13(12)10-14/h7-8,10H,2-6,9,11H2,1H3,(H,17,19)(H,20,21). The van der Waals surface area contributed by atoms with Gasteiger partial charge in [0.15, 0.2) is 0 Å². The third kappa shape index (κ3) is 4.86. The molecule has 0 spiro atoms. The number of aryl methyl sites for hydroxylation is 2. The van der Waals surface area contributed by atoms with Gasteiger partial charge in [-0.05, 0) is 62.5 Å². The first-order chi connectivity index (χ1) is 10.0. The van der Waals surface area contributed by atoms with Gasteiger partial charge in [0.25, 0.3) is 0 Å². The molecule has 0 atom stereocenters. The molecule has 5 heteroatoms. The Balaban J connectivity index is 1.77. The van der Waals surface area contributed by atoms with Crippen LogP contribution >= 0.6 is 0 Å². The summed E-state index contributed by atoms with van der Waals surface area (Å²) in [4.78, 5) is 24.2. The highest BCUT2D eigenvalue weighted by molar-refractivity contribution is 5.92. The summed E-state index contributed by atoms with van der Waals surface area (Å²) < 4.78 is 0. The number of amides is 1. The molecule has 1 aliphatic rings. The fourth-order valence-corrected chi connectivity index (χ4v) is 2.67. The lowest BCUT2D eigenvalue weighted by molar-refractivity contribution is -0.137. The van der Waals surface area contributed by atoms with Crippen molar-refractivity contribution in [3.8, 4) is 0 Å². The summed E-state index contributed by atoms with van der Waals surface area (Å²) in [7, 11) is 1.82. The second-order valence-corrected chi connectivity index (χ2v) is 5.62. The van der Waals surface area contributed by atoms with Crippen molar-refractivity contribution in [3.05, 3.63) is 29.3 Å². The molecule has 0 saturated carbocycles. The van der Waals surface area contributed by atoms with Gasteiger partial charge in [-0.2, -0.15) is 0 Å². The number of carboxylic acids is 1. The third-order valence-corrected chi connectivity index (χ3v) is 3.73. The van der Waals surface area contributed by atoms with Crippen LogP contribution in [0.3, 0.4) is 0 Å². The predicted octanol–water partition coefficient (Wildman–Crippen LogP) is 1.91. The molecule has 1 aromatic carbocycles. The minimum Gasteiger partial charge on any atom is -0.481 e. The van der Waals surface area contributed by atoms with Crippen molar-refractivity contribution in [1.82, 2.24) is 4.90 Å². The van der Waals surface area contributed by atoms with Crippen LogP contribution in [0.2, 0.25) is 0 Å². The van der Waals surface area contributed by atoms with Crippen LogP contribution < -0.4 is 5.32 Å². The lowest BCUT2D eigenvalue weighted by Gasteiger charge is -2.16. The topological polar surface area (TPSA) is 69.6 Å². The van der Waals surface area contributed by atoms with E-state index in [4.69, 9.17) is 5.11 Å². The number of anilines is 1. The number of hydrogen-bond acceptors (Lipinski definition) is 3. The summed E-state index contributed by atoms with van der Waals surface area (Å²) in [6, 6.07) is 6.10. The molecule has 1 aliphatic carbocycles. The van der Waals surface area contributed by atoms with Crippen LogP contribution in [0.4, 0.5) is 5.69 Å². The minimum atomic E-state index is -0.800.